The van der Waals surface area contributed by atoms with Gasteiger partial charge in [0.2, 0.25) is 0 Å². The van der Waals surface area contributed by atoms with Gasteiger partial charge in [-0.3, -0.25) is 9.48 Å². The van der Waals surface area contributed by atoms with E-state index in [1.165, 1.54) is 7.11 Å². The van der Waals surface area contributed by atoms with Crippen molar-refractivity contribution in [3.05, 3.63) is 18.0 Å². The van der Waals surface area contributed by atoms with Crippen molar-refractivity contribution in [1.82, 2.24) is 9.78 Å². The lowest BCUT2D eigenvalue weighted by atomic mass is 10.2. The van der Waals surface area contributed by atoms with E-state index in [0.29, 0.717) is 5.69 Å². The van der Waals surface area contributed by atoms with Gasteiger partial charge < -0.3 is 14.3 Å². The molecule has 1 aromatic rings. The van der Waals surface area contributed by atoms with Crippen LogP contribution in [-0.4, -0.2) is 41.3 Å². The van der Waals surface area contributed by atoms with Gasteiger partial charge in [-0.15, -0.1) is 0 Å². The predicted molar refractivity (Wildman–Crippen MR) is 64.5 cm³/mol. The predicted octanol–water partition coefficient (Wildman–Crippen LogP) is 0.860. The number of nitrogens with zero attached hydrogens (tertiary/aromatic N) is 3. The minimum Gasteiger partial charge on any atom is -0.434 e. The Balaban J connectivity index is 2.67. The normalized spacial score (nSPS) is 11.0. The summed E-state index contributed by atoms with van der Waals surface area (Å²) in [5.41, 5.74) is 0.725. The monoisotopic (exact) mass is 269 g/mol. The molecule has 8 nitrogen and oxygen atoms in total. The quantitative estimate of drug-likeness (QED) is 0.341. The molecule has 0 bridgehead atoms. The van der Waals surface area contributed by atoms with Gasteiger partial charge in [-0.25, -0.2) is 4.79 Å². The van der Waals surface area contributed by atoms with Gasteiger partial charge in [0.15, 0.2) is 0 Å². The van der Waals surface area contributed by atoms with Gasteiger partial charge in [0.1, 0.15) is 18.5 Å². The average molecular weight is 269 g/mol. The molecule has 0 aliphatic heterocycles. The maximum absolute atomic E-state index is 11.5. The van der Waals surface area contributed by atoms with Crippen LogP contribution in [0.4, 0.5) is 4.79 Å². The van der Waals surface area contributed by atoms with E-state index in [1.807, 2.05) is 0 Å². The van der Waals surface area contributed by atoms with E-state index < -0.39 is 12.1 Å². The summed E-state index contributed by atoms with van der Waals surface area (Å²) < 4.78 is 10.5. The van der Waals surface area contributed by atoms with Crippen LogP contribution in [0, 0.1) is 0 Å². The number of aromatic nitrogens is 2. The molecule has 0 unspecified atom stereocenters. The van der Waals surface area contributed by atoms with Gasteiger partial charge in [-0.05, 0) is 13.0 Å². The van der Waals surface area contributed by atoms with Gasteiger partial charge in [0.05, 0.1) is 13.0 Å². The number of oxime groups is 1. The van der Waals surface area contributed by atoms with Crippen LogP contribution in [0.2, 0.25) is 0 Å². The zero-order valence-electron chi connectivity index (χ0n) is 11.0. The fraction of sp³-hybridized carbons (Fsp3) is 0.455. The summed E-state index contributed by atoms with van der Waals surface area (Å²) in [6, 6.07) is 1.66. The first kappa shape index (κ1) is 14.7. The zero-order valence-corrected chi connectivity index (χ0v) is 11.0. The van der Waals surface area contributed by atoms with E-state index in [4.69, 9.17) is 0 Å². The van der Waals surface area contributed by atoms with Crippen molar-refractivity contribution >= 4 is 17.8 Å². The number of hydrogen-bond acceptors (Lipinski definition) is 7. The maximum atomic E-state index is 11.5. The fourth-order valence-electron chi connectivity index (χ4n) is 1.26. The number of esters is 1. The van der Waals surface area contributed by atoms with Gasteiger partial charge in [-0.2, -0.15) is 5.10 Å². The van der Waals surface area contributed by atoms with E-state index in [-0.39, 0.29) is 18.7 Å². The Morgan fingerprint density at radius 1 is 1.47 bits per heavy atom. The lowest BCUT2D eigenvalue weighted by Crippen LogP contribution is -2.18. The minimum atomic E-state index is -1.04. The molecule has 104 valence electrons. The molecule has 1 heterocycles. The highest BCUT2D eigenvalue weighted by Crippen LogP contribution is 2.04. The molecule has 0 radical (unpaired) electrons. The summed E-state index contributed by atoms with van der Waals surface area (Å²) in [6.07, 6.45) is 0.409. The molecule has 19 heavy (non-hydrogen) atoms. The Morgan fingerprint density at radius 3 is 2.74 bits per heavy atom. The molecule has 0 aliphatic carbocycles. The Bertz CT molecular complexity index is 480. The third-order valence-electron chi connectivity index (χ3n) is 1.98. The summed E-state index contributed by atoms with van der Waals surface area (Å²) in [5.74, 6) is -0.792. The van der Waals surface area contributed by atoms with Crippen molar-refractivity contribution in [3.63, 3.8) is 0 Å². The molecular weight excluding hydrogens is 254 g/mol. The fourth-order valence-corrected chi connectivity index (χ4v) is 1.26. The first-order chi connectivity index (χ1) is 9.06. The molecular formula is C11H15N3O5. The number of rotatable bonds is 5. The molecule has 0 amide bonds. The number of ether oxygens (including phenoxy) is 2. The number of aryl methyl sites for hydroxylation is 1. The molecule has 0 saturated carbocycles. The average Bonchev–Trinajstić information content (AvgIpc) is 2.75. The Labute approximate surface area is 109 Å². The molecule has 0 fully saturated rings. The minimum absolute atomic E-state index is 0.130. The largest absolute Gasteiger partial charge is 0.516 e. The standard InChI is InChI=1S/C11H15N3O5/c1-4-18-11(16)19-10(15)7-9(13-17-3)8-5-6-14(2)12-8/h5-6H,4,7H2,1-3H3. The second-order valence-electron chi connectivity index (χ2n) is 3.43. The van der Waals surface area contributed by atoms with E-state index >= 15 is 0 Å². The summed E-state index contributed by atoms with van der Waals surface area (Å²) in [4.78, 5) is 27.1. The third kappa shape index (κ3) is 4.78. The first-order valence-corrected chi connectivity index (χ1v) is 5.54. The van der Waals surface area contributed by atoms with E-state index in [2.05, 4.69) is 24.6 Å². The number of hydrogen-bond donors (Lipinski definition) is 0. The van der Waals surface area contributed by atoms with Crippen molar-refractivity contribution in [1.29, 1.82) is 0 Å². The van der Waals surface area contributed by atoms with Gasteiger partial charge >= 0.3 is 12.1 Å². The summed E-state index contributed by atoms with van der Waals surface area (Å²) in [6.45, 7) is 1.74. The van der Waals surface area contributed by atoms with Crippen molar-refractivity contribution in [2.24, 2.45) is 12.2 Å². The second-order valence-corrected chi connectivity index (χ2v) is 3.43. The second kappa shape index (κ2) is 7.14. The van der Waals surface area contributed by atoms with Crippen LogP contribution in [0.5, 0.6) is 0 Å². The van der Waals surface area contributed by atoms with E-state index in [1.54, 1.807) is 30.9 Å². The maximum Gasteiger partial charge on any atom is 0.516 e. The first-order valence-electron chi connectivity index (χ1n) is 5.54. The number of carbonyl (C=O) groups is 2. The molecule has 8 heteroatoms. The van der Waals surface area contributed by atoms with E-state index in [0.717, 1.165) is 0 Å². The van der Waals surface area contributed by atoms with Gasteiger partial charge in [0.25, 0.3) is 0 Å². The van der Waals surface area contributed by atoms with Crippen molar-refractivity contribution in [3.8, 4) is 0 Å². The lowest BCUT2D eigenvalue weighted by molar-refractivity contribution is -0.138. The van der Waals surface area contributed by atoms with Crippen LogP contribution in [0.15, 0.2) is 17.4 Å². The van der Waals surface area contributed by atoms with Gasteiger partial charge in [-0.1, -0.05) is 5.16 Å². The van der Waals surface area contributed by atoms with E-state index in [9.17, 15) is 9.59 Å². The van der Waals surface area contributed by atoms with Gasteiger partial charge in [0, 0.05) is 13.2 Å². The highest BCUT2D eigenvalue weighted by atomic mass is 16.7. The van der Waals surface area contributed by atoms with Crippen LogP contribution in [0.3, 0.4) is 0 Å². The van der Waals surface area contributed by atoms with Crippen molar-refractivity contribution in [2.45, 2.75) is 13.3 Å². The van der Waals surface area contributed by atoms with Crippen LogP contribution in [0.25, 0.3) is 0 Å². The summed E-state index contributed by atoms with van der Waals surface area (Å²) in [7, 11) is 3.07. The highest BCUT2D eigenvalue weighted by Gasteiger charge is 2.18. The third-order valence-corrected chi connectivity index (χ3v) is 1.98. The van der Waals surface area contributed by atoms with Crippen LogP contribution < -0.4 is 0 Å². The smallest absolute Gasteiger partial charge is 0.434 e. The molecule has 0 aromatic carbocycles. The van der Waals surface area contributed by atoms with Crippen LogP contribution in [-0.2, 0) is 26.2 Å². The molecule has 0 spiro atoms. The topological polar surface area (TPSA) is 92.0 Å². The molecule has 1 aromatic heterocycles. The van der Waals surface area contributed by atoms with Crippen LogP contribution >= 0.6 is 0 Å². The Morgan fingerprint density at radius 2 is 2.21 bits per heavy atom. The van der Waals surface area contributed by atoms with Crippen molar-refractivity contribution < 1.29 is 23.9 Å². The molecule has 0 N–H and O–H groups in total. The Hall–Kier alpha value is -2.38. The zero-order chi connectivity index (χ0) is 14.3. The SMILES string of the molecule is CCOC(=O)OC(=O)CC(=NOC)c1ccn(C)n1. The Kier molecular flexibility index (Phi) is 5.52. The lowest BCUT2D eigenvalue weighted by Gasteiger charge is -2.03. The molecule has 1 rings (SSSR count). The molecule has 0 atom stereocenters. The summed E-state index contributed by atoms with van der Waals surface area (Å²) >= 11 is 0. The summed E-state index contributed by atoms with van der Waals surface area (Å²) in [5, 5.41) is 7.77. The molecule has 0 aliphatic rings. The highest BCUT2D eigenvalue weighted by molar-refractivity contribution is 6.09. The van der Waals surface area contributed by atoms with Crippen LogP contribution in [0.1, 0.15) is 19.0 Å². The molecule has 0 saturated heterocycles. The van der Waals surface area contributed by atoms with Crippen molar-refractivity contribution in [2.75, 3.05) is 13.7 Å². The number of carbonyl (C=O) groups excluding carboxylic acids is 2.